The minimum Gasteiger partial charge on any atom is -0.343 e. The second-order valence-corrected chi connectivity index (χ2v) is 11.7. The minimum atomic E-state index is 0.277. The largest absolute Gasteiger partial charge is 0.343 e. The van der Waals surface area contributed by atoms with E-state index in [1.807, 2.05) is 0 Å². The number of amides is 1. The molecule has 0 unspecified atom stereocenters. The monoisotopic (exact) mass is 508 g/mol. The molecule has 0 aliphatic heterocycles. The van der Waals surface area contributed by atoms with Gasteiger partial charge in [0.2, 0.25) is 5.91 Å². The molecule has 1 amide bonds. The van der Waals surface area contributed by atoms with Crippen LogP contribution in [-0.4, -0.2) is 23.9 Å². The Morgan fingerprint density at radius 3 is 0.750 bits per heavy atom. The first kappa shape index (κ1) is 35.5. The van der Waals surface area contributed by atoms with E-state index < -0.39 is 0 Å². The Bertz CT molecular complexity index is 389. The van der Waals surface area contributed by atoms with E-state index in [1.54, 1.807) is 6.92 Å². The van der Waals surface area contributed by atoms with Gasteiger partial charge in [0.1, 0.15) is 0 Å². The zero-order valence-electron chi connectivity index (χ0n) is 25.6. The smallest absolute Gasteiger partial charge is 0.219 e. The highest BCUT2D eigenvalue weighted by molar-refractivity contribution is 5.73. The van der Waals surface area contributed by atoms with Crippen LogP contribution in [0.4, 0.5) is 0 Å². The van der Waals surface area contributed by atoms with Crippen LogP contribution in [0.3, 0.4) is 0 Å². The second-order valence-electron chi connectivity index (χ2n) is 11.7. The fourth-order valence-corrected chi connectivity index (χ4v) is 5.42. The third-order valence-electron chi connectivity index (χ3n) is 8.01. The molecule has 0 saturated carbocycles. The molecule has 0 N–H and O–H groups in total. The van der Waals surface area contributed by atoms with Crippen molar-refractivity contribution >= 4 is 5.91 Å². The molecule has 0 aliphatic carbocycles. The van der Waals surface area contributed by atoms with Gasteiger partial charge in [-0.05, 0) is 12.8 Å². The third-order valence-corrected chi connectivity index (χ3v) is 8.01. The summed E-state index contributed by atoms with van der Waals surface area (Å²) in [6.45, 7) is 8.30. The van der Waals surface area contributed by atoms with Crippen molar-refractivity contribution < 1.29 is 4.79 Å². The van der Waals surface area contributed by atoms with Crippen molar-refractivity contribution in [2.75, 3.05) is 13.1 Å². The minimum absolute atomic E-state index is 0.277. The van der Waals surface area contributed by atoms with E-state index in [4.69, 9.17) is 0 Å². The quantitative estimate of drug-likeness (QED) is 0.0885. The van der Waals surface area contributed by atoms with Crippen molar-refractivity contribution in [1.29, 1.82) is 0 Å². The first-order valence-electron chi connectivity index (χ1n) is 17.0. The average Bonchev–Trinajstić information content (AvgIpc) is 2.87. The van der Waals surface area contributed by atoms with Crippen molar-refractivity contribution in [2.45, 2.75) is 201 Å². The summed E-state index contributed by atoms with van der Waals surface area (Å²) in [5.41, 5.74) is 0. The predicted octanol–water partition coefficient (Wildman–Crippen LogP) is 11.8. The van der Waals surface area contributed by atoms with Crippen LogP contribution in [0.2, 0.25) is 0 Å². The van der Waals surface area contributed by atoms with Gasteiger partial charge in [-0.1, -0.05) is 181 Å². The van der Waals surface area contributed by atoms with E-state index >= 15 is 0 Å². The molecule has 0 radical (unpaired) electrons. The molecule has 0 aromatic carbocycles. The molecule has 0 aromatic heterocycles. The Morgan fingerprint density at radius 1 is 0.361 bits per heavy atom. The first-order chi connectivity index (χ1) is 17.7. The van der Waals surface area contributed by atoms with E-state index in [1.165, 1.54) is 180 Å². The van der Waals surface area contributed by atoms with Crippen molar-refractivity contribution in [3.8, 4) is 0 Å². The molecular formula is C34H69NO. The number of carbonyl (C=O) groups excluding carboxylic acids is 1. The lowest BCUT2D eigenvalue weighted by atomic mass is 10.0. The van der Waals surface area contributed by atoms with Gasteiger partial charge in [-0.25, -0.2) is 0 Å². The second kappa shape index (κ2) is 30.7. The van der Waals surface area contributed by atoms with Crippen LogP contribution in [0.15, 0.2) is 0 Å². The molecule has 0 bridgehead atoms. The molecular weight excluding hydrogens is 438 g/mol. The van der Waals surface area contributed by atoms with Gasteiger partial charge in [0, 0.05) is 20.0 Å². The fraction of sp³-hybridized carbons (Fsp3) is 0.971. The molecule has 216 valence electrons. The lowest BCUT2D eigenvalue weighted by molar-refractivity contribution is -0.129. The number of rotatable bonds is 30. The van der Waals surface area contributed by atoms with Crippen LogP contribution in [0.5, 0.6) is 0 Å². The van der Waals surface area contributed by atoms with Crippen molar-refractivity contribution in [3.05, 3.63) is 0 Å². The first-order valence-corrected chi connectivity index (χ1v) is 17.0. The maximum Gasteiger partial charge on any atom is 0.219 e. The fourth-order valence-electron chi connectivity index (χ4n) is 5.42. The normalized spacial score (nSPS) is 11.3. The Balaban J connectivity index is 3.39. The number of hydrogen-bond donors (Lipinski definition) is 0. The summed E-state index contributed by atoms with van der Waals surface area (Å²) >= 11 is 0. The zero-order valence-corrected chi connectivity index (χ0v) is 25.6. The Labute approximate surface area is 229 Å². The summed E-state index contributed by atoms with van der Waals surface area (Å²) < 4.78 is 0. The Hall–Kier alpha value is -0.530. The predicted molar refractivity (Wildman–Crippen MR) is 163 cm³/mol. The van der Waals surface area contributed by atoms with Crippen LogP contribution in [0.1, 0.15) is 201 Å². The summed E-state index contributed by atoms with van der Waals surface area (Å²) in [4.78, 5) is 14.1. The topological polar surface area (TPSA) is 20.3 Å². The molecule has 0 saturated heterocycles. The van der Waals surface area contributed by atoms with E-state index in [0.717, 1.165) is 13.1 Å². The summed E-state index contributed by atoms with van der Waals surface area (Å²) in [5, 5.41) is 0. The summed E-state index contributed by atoms with van der Waals surface area (Å²) in [7, 11) is 0. The summed E-state index contributed by atoms with van der Waals surface area (Å²) in [6.07, 6.45) is 39.0. The molecule has 2 heteroatoms. The van der Waals surface area contributed by atoms with Gasteiger partial charge in [-0.3, -0.25) is 4.79 Å². The van der Waals surface area contributed by atoms with Crippen LogP contribution >= 0.6 is 0 Å². The van der Waals surface area contributed by atoms with Gasteiger partial charge in [-0.2, -0.15) is 0 Å². The molecule has 0 rings (SSSR count). The number of unbranched alkanes of at least 4 members (excludes halogenated alkanes) is 26. The molecule has 0 atom stereocenters. The molecule has 0 heterocycles. The van der Waals surface area contributed by atoms with Gasteiger partial charge < -0.3 is 4.90 Å². The zero-order chi connectivity index (χ0) is 26.4. The lowest BCUT2D eigenvalue weighted by Gasteiger charge is -2.21. The SMILES string of the molecule is CCCCCCCCCCCCCCCCN(CCCCCCCCCCCCCCCC)C(C)=O. The highest BCUT2D eigenvalue weighted by Crippen LogP contribution is 2.15. The highest BCUT2D eigenvalue weighted by atomic mass is 16.2. The van der Waals surface area contributed by atoms with Gasteiger partial charge in [-0.15, -0.1) is 0 Å². The lowest BCUT2D eigenvalue weighted by Crippen LogP contribution is -2.30. The van der Waals surface area contributed by atoms with E-state index in [2.05, 4.69) is 18.7 Å². The van der Waals surface area contributed by atoms with Crippen molar-refractivity contribution in [2.24, 2.45) is 0 Å². The molecule has 36 heavy (non-hydrogen) atoms. The van der Waals surface area contributed by atoms with Crippen LogP contribution < -0.4 is 0 Å². The Kier molecular flexibility index (Phi) is 30.2. The average molecular weight is 508 g/mol. The third kappa shape index (κ3) is 28.0. The molecule has 0 spiro atoms. The Morgan fingerprint density at radius 2 is 0.556 bits per heavy atom. The van der Waals surface area contributed by atoms with E-state index in [-0.39, 0.29) is 5.91 Å². The molecule has 0 aromatic rings. The van der Waals surface area contributed by atoms with Crippen LogP contribution in [0, 0.1) is 0 Å². The molecule has 0 aliphatic rings. The number of hydrogen-bond acceptors (Lipinski definition) is 1. The molecule has 0 fully saturated rings. The van der Waals surface area contributed by atoms with Crippen molar-refractivity contribution in [3.63, 3.8) is 0 Å². The van der Waals surface area contributed by atoms with Crippen LogP contribution in [0.25, 0.3) is 0 Å². The number of carbonyl (C=O) groups is 1. The number of nitrogens with zero attached hydrogens (tertiary/aromatic N) is 1. The molecule has 2 nitrogen and oxygen atoms in total. The van der Waals surface area contributed by atoms with Crippen LogP contribution in [-0.2, 0) is 4.79 Å². The van der Waals surface area contributed by atoms with E-state index in [0.29, 0.717) is 0 Å². The van der Waals surface area contributed by atoms with Gasteiger partial charge in [0.05, 0.1) is 0 Å². The van der Waals surface area contributed by atoms with Gasteiger partial charge in [0.15, 0.2) is 0 Å². The van der Waals surface area contributed by atoms with Gasteiger partial charge >= 0.3 is 0 Å². The standard InChI is InChI=1S/C34H69NO/c1-4-6-8-10-12-14-16-18-20-22-24-26-28-30-32-35(34(3)36)33-31-29-27-25-23-21-19-17-15-13-11-9-7-5-2/h4-33H2,1-3H3. The van der Waals surface area contributed by atoms with E-state index in [9.17, 15) is 4.79 Å². The maximum atomic E-state index is 12.0. The van der Waals surface area contributed by atoms with Crippen molar-refractivity contribution in [1.82, 2.24) is 4.90 Å². The van der Waals surface area contributed by atoms with Gasteiger partial charge in [0.25, 0.3) is 0 Å². The maximum absolute atomic E-state index is 12.0. The summed E-state index contributed by atoms with van der Waals surface area (Å²) in [5.74, 6) is 0.277. The summed E-state index contributed by atoms with van der Waals surface area (Å²) in [6, 6.07) is 0. The highest BCUT2D eigenvalue weighted by Gasteiger charge is 2.07.